The maximum Gasteiger partial charge on any atom is 0.253 e. The van der Waals surface area contributed by atoms with Gasteiger partial charge in [0, 0.05) is 18.8 Å². The van der Waals surface area contributed by atoms with Crippen LogP contribution in [-0.2, 0) is 0 Å². The molecule has 0 saturated carbocycles. The average Bonchev–Trinajstić information content (AvgIpc) is 2.37. The van der Waals surface area contributed by atoms with Crippen molar-refractivity contribution >= 4 is 18.3 Å². The van der Waals surface area contributed by atoms with Crippen molar-refractivity contribution in [3.63, 3.8) is 0 Å². The zero-order valence-corrected chi connectivity index (χ0v) is 12.7. The molecule has 1 amide bonds. The molecule has 0 radical (unpaired) electrons. The molecule has 1 aromatic rings. The number of hydrogen-bond donors (Lipinski definition) is 3. The number of piperidine rings is 1. The Labute approximate surface area is 125 Å². The first-order chi connectivity index (χ1) is 9.00. The van der Waals surface area contributed by atoms with Gasteiger partial charge < -0.3 is 15.6 Å². The molecule has 6 heteroatoms. The summed E-state index contributed by atoms with van der Waals surface area (Å²) in [4.78, 5) is 25.8. The van der Waals surface area contributed by atoms with Crippen molar-refractivity contribution in [3.8, 4) is 0 Å². The third-order valence-corrected chi connectivity index (χ3v) is 3.86. The van der Waals surface area contributed by atoms with E-state index in [2.05, 4.69) is 22.5 Å². The van der Waals surface area contributed by atoms with Gasteiger partial charge in [-0.25, -0.2) is 0 Å². The molecule has 1 aliphatic heterocycles. The fraction of sp³-hybridized carbons (Fsp3) is 0.571. The molecule has 5 nitrogen and oxygen atoms in total. The number of carbonyl (C=O) groups is 1. The van der Waals surface area contributed by atoms with Crippen LogP contribution in [-0.4, -0.2) is 30.5 Å². The van der Waals surface area contributed by atoms with E-state index in [4.69, 9.17) is 0 Å². The van der Waals surface area contributed by atoms with E-state index < -0.39 is 0 Å². The van der Waals surface area contributed by atoms with Gasteiger partial charge >= 0.3 is 0 Å². The van der Waals surface area contributed by atoms with E-state index in [9.17, 15) is 9.59 Å². The molecule has 20 heavy (non-hydrogen) atoms. The van der Waals surface area contributed by atoms with Crippen molar-refractivity contribution in [2.24, 2.45) is 5.41 Å². The van der Waals surface area contributed by atoms with Gasteiger partial charge in [0.2, 0.25) is 5.56 Å². The predicted molar refractivity (Wildman–Crippen MR) is 81.6 cm³/mol. The van der Waals surface area contributed by atoms with Crippen LogP contribution in [0, 0.1) is 12.3 Å². The molecule has 1 aromatic heterocycles. The second kappa shape index (κ2) is 6.90. The first-order valence-electron chi connectivity index (χ1n) is 6.68. The highest BCUT2D eigenvalue weighted by Gasteiger charge is 2.27. The topological polar surface area (TPSA) is 74.0 Å². The summed E-state index contributed by atoms with van der Waals surface area (Å²) in [5, 5.41) is 6.30. The Morgan fingerprint density at radius 1 is 1.40 bits per heavy atom. The Morgan fingerprint density at radius 3 is 2.65 bits per heavy atom. The maximum atomic E-state index is 12.1. The van der Waals surface area contributed by atoms with Crippen LogP contribution in [0.5, 0.6) is 0 Å². The fourth-order valence-electron chi connectivity index (χ4n) is 2.41. The molecular weight excluding hydrogens is 278 g/mol. The van der Waals surface area contributed by atoms with Crippen LogP contribution in [0.1, 0.15) is 35.7 Å². The second-order valence-electron chi connectivity index (χ2n) is 5.64. The molecule has 0 aromatic carbocycles. The molecule has 2 heterocycles. The summed E-state index contributed by atoms with van der Waals surface area (Å²) in [6.07, 6.45) is 3.62. The Bertz CT molecular complexity index is 521. The highest BCUT2D eigenvalue weighted by Crippen LogP contribution is 2.26. The number of carbonyl (C=O) groups excluding carboxylic acids is 1. The monoisotopic (exact) mass is 299 g/mol. The lowest BCUT2D eigenvalue weighted by Gasteiger charge is -2.34. The molecule has 1 aliphatic rings. The van der Waals surface area contributed by atoms with Crippen LogP contribution in [0.15, 0.2) is 17.1 Å². The quantitative estimate of drug-likeness (QED) is 0.786. The van der Waals surface area contributed by atoms with Crippen molar-refractivity contribution in [2.75, 3.05) is 19.6 Å². The Balaban J connectivity index is 0.00000200. The van der Waals surface area contributed by atoms with Crippen molar-refractivity contribution in [2.45, 2.75) is 26.7 Å². The normalized spacial score (nSPS) is 17.1. The molecule has 0 bridgehead atoms. The number of nitrogens with one attached hydrogen (secondary N) is 3. The molecule has 1 saturated heterocycles. The van der Waals surface area contributed by atoms with Gasteiger partial charge in [-0.15, -0.1) is 12.4 Å². The molecule has 2 rings (SSSR count). The number of halogens is 1. The van der Waals surface area contributed by atoms with Gasteiger partial charge in [-0.3, -0.25) is 9.59 Å². The zero-order valence-electron chi connectivity index (χ0n) is 11.9. The highest BCUT2D eigenvalue weighted by atomic mass is 35.5. The van der Waals surface area contributed by atoms with Crippen LogP contribution in [0.4, 0.5) is 0 Å². The summed E-state index contributed by atoms with van der Waals surface area (Å²) in [5.41, 5.74) is 1.23. The zero-order chi connectivity index (χ0) is 13.9. The minimum Gasteiger partial charge on any atom is -0.351 e. The summed E-state index contributed by atoms with van der Waals surface area (Å²) < 4.78 is 0. The third kappa shape index (κ3) is 4.08. The molecule has 3 N–H and O–H groups in total. The number of amides is 1. The Morgan fingerprint density at radius 2 is 2.05 bits per heavy atom. The van der Waals surface area contributed by atoms with Crippen LogP contribution >= 0.6 is 12.4 Å². The van der Waals surface area contributed by atoms with E-state index in [0.717, 1.165) is 25.9 Å². The Kier molecular flexibility index (Phi) is 5.77. The molecule has 0 aliphatic carbocycles. The van der Waals surface area contributed by atoms with E-state index in [1.807, 2.05) is 0 Å². The third-order valence-electron chi connectivity index (χ3n) is 3.86. The van der Waals surface area contributed by atoms with Gasteiger partial charge in [-0.2, -0.15) is 0 Å². The van der Waals surface area contributed by atoms with Crippen molar-refractivity contribution in [1.29, 1.82) is 0 Å². The predicted octanol–water partition coefficient (Wildman–Crippen LogP) is 1.22. The highest BCUT2D eigenvalue weighted by molar-refractivity contribution is 5.95. The molecule has 1 fully saturated rings. The van der Waals surface area contributed by atoms with E-state index >= 15 is 0 Å². The molecule has 0 atom stereocenters. The second-order valence-corrected chi connectivity index (χ2v) is 5.64. The molecule has 0 spiro atoms. The number of aryl methyl sites for hydroxylation is 1. The lowest BCUT2D eigenvalue weighted by Crippen LogP contribution is -2.43. The van der Waals surface area contributed by atoms with Gasteiger partial charge in [0.25, 0.3) is 5.91 Å². The summed E-state index contributed by atoms with van der Waals surface area (Å²) in [6, 6.07) is 1.45. The first kappa shape index (κ1) is 16.7. The maximum absolute atomic E-state index is 12.1. The van der Waals surface area contributed by atoms with E-state index in [0.29, 0.717) is 17.7 Å². The molecule has 112 valence electrons. The number of H-pyrrole nitrogens is 1. The van der Waals surface area contributed by atoms with Gasteiger partial charge in [0.05, 0.1) is 5.56 Å². The average molecular weight is 300 g/mol. The molecule has 0 unspecified atom stereocenters. The summed E-state index contributed by atoms with van der Waals surface area (Å²) >= 11 is 0. The van der Waals surface area contributed by atoms with Crippen molar-refractivity contribution in [1.82, 2.24) is 15.6 Å². The van der Waals surface area contributed by atoms with Crippen LogP contribution in [0.2, 0.25) is 0 Å². The molecular formula is C14H22ClN3O2. The summed E-state index contributed by atoms with van der Waals surface area (Å²) in [6.45, 7) is 6.66. The van der Waals surface area contributed by atoms with E-state index in [-0.39, 0.29) is 29.3 Å². The number of pyridine rings is 1. The Hall–Kier alpha value is -1.33. The fourth-order valence-corrected chi connectivity index (χ4v) is 2.41. The minimum atomic E-state index is -0.181. The standard InChI is InChI=1S/C14H21N3O2.ClH/c1-10-7-12(18)16-8-11(10)13(19)17-9-14(2)3-5-15-6-4-14;/h7-8,15H,3-6,9H2,1-2H3,(H,16,18)(H,17,19);1H. The number of rotatable bonds is 3. The van der Waals surface area contributed by atoms with Gasteiger partial charge in [0.15, 0.2) is 0 Å². The summed E-state index contributed by atoms with van der Waals surface area (Å²) in [5.74, 6) is -0.117. The van der Waals surface area contributed by atoms with Gasteiger partial charge in [-0.1, -0.05) is 6.92 Å². The van der Waals surface area contributed by atoms with Crippen LogP contribution in [0.25, 0.3) is 0 Å². The number of aromatic amines is 1. The first-order valence-corrected chi connectivity index (χ1v) is 6.68. The summed E-state index contributed by atoms with van der Waals surface area (Å²) in [7, 11) is 0. The van der Waals surface area contributed by atoms with Crippen LogP contribution in [0.3, 0.4) is 0 Å². The SMILES string of the molecule is Cc1cc(=O)[nH]cc1C(=O)NCC1(C)CCNCC1.Cl. The van der Waals surface area contributed by atoms with Crippen LogP contribution < -0.4 is 16.2 Å². The number of aromatic nitrogens is 1. The van der Waals surface area contributed by atoms with Crippen molar-refractivity contribution < 1.29 is 4.79 Å². The lowest BCUT2D eigenvalue weighted by molar-refractivity contribution is 0.0921. The largest absolute Gasteiger partial charge is 0.351 e. The van der Waals surface area contributed by atoms with Crippen molar-refractivity contribution in [3.05, 3.63) is 33.7 Å². The van der Waals surface area contributed by atoms with Gasteiger partial charge in [-0.05, 0) is 43.8 Å². The van der Waals surface area contributed by atoms with E-state index in [1.54, 1.807) is 6.92 Å². The van der Waals surface area contributed by atoms with E-state index in [1.165, 1.54) is 12.3 Å². The van der Waals surface area contributed by atoms with Gasteiger partial charge in [0.1, 0.15) is 0 Å². The lowest BCUT2D eigenvalue weighted by atomic mass is 9.81. The minimum absolute atomic E-state index is 0. The smallest absolute Gasteiger partial charge is 0.253 e. The number of hydrogen-bond acceptors (Lipinski definition) is 3.